The number of anilines is 1. The largest absolute Gasteiger partial charge is 1.00 e. The van der Waals surface area contributed by atoms with E-state index in [-0.39, 0.29) is 85.0 Å². The normalized spacial score (nSPS) is 11.7. The number of carbonyl (C=O) groups is 2. The Morgan fingerprint density at radius 2 is 2.00 bits per heavy atom. The van der Waals surface area contributed by atoms with Gasteiger partial charge in [-0.05, 0) is 31.2 Å². The Balaban J connectivity index is 0.00000320. The zero-order chi connectivity index (χ0) is 21.3. The van der Waals surface area contributed by atoms with Gasteiger partial charge in [0.25, 0.3) is 0 Å². The molecular formula is C19H16ClFKN3O5. The fraction of sp³-hybridized carbons (Fsp3) is 0.211. The molecule has 0 radical (unpaired) electrons. The van der Waals surface area contributed by atoms with Gasteiger partial charge in [-0.1, -0.05) is 16.8 Å². The van der Waals surface area contributed by atoms with Crippen LogP contribution in [-0.4, -0.2) is 32.8 Å². The van der Waals surface area contributed by atoms with E-state index in [0.29, 0.717) is 12.1 Å². The molecule has 3 aromatic rings. The number of carbonyl (C=O) groups excluding carboxylic acids is 2. The van der Waals surface area contributed by atoms with Crippen LogP contribution in [0.25, 0.3) is 11.3 Å². The molecule has 0 bridgehead atoms. The molecule has 0 saturated heterocycles. The van der Waals surface area contributed by atoms with Gasteiger partial charge in [0.05, 0.1) is 5.97 Å². The molecule has 1 aromatic carbocycles. The third kappa shape index (κ3) is 4.79. The van der Waals surface area contributed by atoms with E-state index in [2.05, 4.69) is 5.16 Å². The second-order valence-electron chi connectivity index (χ2n) is 6.23. The van der Waals surface area contributed by atoms with Crippen LogP contribution in [0.4, 0.5) is 10.2 Å². The summed E-state index contributed by atoms with van der Waals surface area (Å²) in [5.74, 6) is -2.73. The van der Waals surface area contributed by atoms with Gasteiger partial charge in [0, 0.05) is 35.9 Å². The summed E-state index contributed by atoms with van der Waals surface area (Å²) in [6.07, 6.45) is -1.47. The first kappa shape index (κ1) is 24.6. The van der Waals surface area contributed by atoms with Gasteiger partial charge >= 0.3 is 51.4 Å². The molecule has 0 saturated carbocycles. The van der Waals surface area contributed by atoms with Crippen molar-refractivity contribution in [3.05, 3.63) is 52.3 Å². The van der Waals surface area contributed by atoms with E-state index in [9.17, 15) is 24.2 Å². The average molecular weight is 460 g/mol. The number of nitrogens with zero attached hydrogens (tertiary/aromatic N) is 2. The van der Waals surface area contributed by atoms with Crippen LogP contribution in [-0.2, 0) is 13.0 Å². The number of nitrogens with two attached hydrogens (primary N) is 1. The molecule has 0 aliphatic rings. The smallest absolute Gasteiger partial charge is 0.545 e. The Hall–Kier alpha value is -1.69. The van der Waals surface area contributed by atoms with Crippen molar-refractivity contribution in [3.63, 3.8) is 0 Å². The van der Waals surface area contributed by atoms with Gasteiger partial charge in [-0.25, -0.2) is 4.39 Å². The Kier molecular flexibility index (Phi) is 8.25. The van der Waals surface area contributed by atoms with Gasteiger partial charge in [0.15, 0.2) is 17.7 Å². The van der Waals surface area contributed by atoms with Gasteiger partial charge in [-0.15, -0.1) is 0 Å². The fourth-order valence-corrected chi connectivity index (χ4v) is 3.15. The molecule has 0 aliphatic carbocycles. The molecule has 11 heteroatoms. The van der Waals surface area contributed by atoms with Crippen molar-refractivity contribution in [3.8, 4) is 17.1 Å². The summed E-state index contributed by atoms with van der Waals surface area (Å²) in [5.41, 5.74) is 5.28. The van der Waals surface area contributed by atoms with E-state index in [0.717, 1.165) is 0 Å². The Morgan fingerprint density at radius 1 is 1.37 bits per heavy atom. The summed E-state index contributed by atoms with van der Waals surface area (Å²) in [6, 6.07) is 5.90. The minimum absolute atomic E-state index is 0. The molecule has 3 N–H and O–H groups in total. The SMILES string of the molecule is CCn1cc(C(=O)C(F)Cc2noc(-c3ccc(O)cc3)c2Cl)c(C(=O)[O-])c1N.[K+]. The number of benzene rings is 1. The van der Waals surface area contributed by atoms with Gasteiger partial charge in [-0.3, -0.25) is 4.79 Å². The quantitative estimate of drug-likeness (QED) is 0.350. The number of aromatic nitrogens is 2. The molecule has 0 fully saturated rings. The van der Waals surface area contributed by atoms with Crippen molar-refractivity contribution in [1.82, 2.24) is 9.72 Å². The second-order valence-corrected chi connectivity index (χ2v) is 6.61. The number of nitrogen functional groups attached to an aromatic ring is 1. The topological polar surface area (TPSA) is 134 Å². The van der Waals surface area contributed by atoms with E-state index in [1.165, 1.54) is 35.0 Å². The summed E-state index contributed by atoms with van der Waals surface area (Å²) in [7, 11) is 0. The molecule has 0 spiro atoms. The Morgan fingerprint density at radius 3 is 2.57 bits per heavy atom. The van der Waals surface area contributed by atoms with Crippen LogP contribution < -0.4 is 62.2 Å². The number of aromatic carboxylic acids is 1. The number of phenols is 1. The van der Waals surface area contributed by atoms with Gasteiger partial charge in [0.2, 0.25) is 0 Å². The third-order valence-electron chi connectivity index (χ3n) is 4.42. The number of aryl methyl sites for hydroxylation is 1. The van der Waals surface area contributed by atoms with Crippen LogP contribution >= 0.6 is 11.6 Å². The van der Waals surface area contributed by atoms with E-state index in [4.69, 9.17) is 21.9 Å². The number of rotatable bonds is 7. The third-order valence-corrected chi connectivity index (χ3v) is 4.81. The average Bonchev–Trinajstić information content (AvgIpc) is 3.22. The van der Waals surface area contributed by atoms with E-state index < -0.39 is 29.9 Å². The van der Waals surface area contributed by atoms with E-state index in [1.807, 2.05) is 0 Å². The van der Waals surface area contributed by atoms with Gasteiger partial charge in [-0.2, -0.15) is 0 Å². The number of hydrogen-bond donors (Lipinski definition) is 2. The van der Waals surface area contributed by atoms with Crippen molar-refractivity contribution < 1.29 is 80.1 Å². The van der Waals surface area contributed by atoms with Gasteiger partial charge < -0.3 is 29.8 Å². The molecule has 0 amide bonds. The number of Topliss-reactive ketones (excluding diaryl/α,β-unsaturated/α-hetero) is 1. The van der Waals surface area contributed by atoms with Crippen molar-refractivity contribution in [2.24, 2.45) is 0 Å². The van der Waals surface area contributed by atoms with Crippen molar-refractivity contribution >= 4 is 29.2 Å². The van der Waals surface area contributed by atoms with Crippen molar-refractivity contribution in [2.75, 3.05) is 5.73 Å². The number of carboxylic acid groups (broad SMARTS) is 1. The molecule has 2 heterocycles. The predicted octanol–water partition coefficient (Wildman–Crippen LogP) is -0.765. The van der Waals surface area contributed by atoms with Crippen LogP contribution in [0.2, 0.25) is 5.02 Å². The summed E-state index contributed by atoms with van der Waals surface area (Å²) in [4.78, 5) is 23.9. The first-order valence-corrected chi connectivity index (χ1v) is 8.94. The molecule has 2 aromatic heterocycles. The van der Waals surface area contributed by atoms with Crippen LogP contribution in [0, 0.1) is 0 Å². The standard InChI is InChI=1S/C19H17ClFN3O5.K/c1-2-24-8-11(14(18(24)22)19(27)28)16(26)12(21)7-13-15(20)17(29-23-13)9-3-5-10(25)6-4-9;/h3-6,8,12,25H,2,7,22H2,1H3,(H,27,28);/q;+1/p-1. The first-order chi connectivity index (χ1) is 13.7. The summed E-state index contributed by atoms with van der Waals surface area (Å²) >= 11 is 6.20. The monoisotopic (exact) mass is 459 g/mol. The van der Waals surface area contributed by atoms with Crippen LogP contribution in [0.1, 0.15) is 33.3 Å². The van der Waals surface area contributed by atoms with Crippen LogP contribution in [0.15, 0.2) is 35.0 Å². The van der Waals surface area contributed by atoms with Crippen LogP contribution in [0.5, 0.6) is 5.75 Å². The summed E-state index contributed by atoms with van der Waals surface area (Å²) in [6.45, 7) is 1.98. The minimum atomic E-state index is -2.13. The maximum atomic E-state index is 14.7. The summed E-state index contributed by atoms with van der Waals surface area (Å²) in [5, 5.41) is 24.4. The van der Waals surface area contributed by atoms with E-state index >= 15 is 0 Å². The van der Waals surface area contributed by atoms with E-state index in [1.54, 1.807) is 6.92 Å². The number of phenolic OH excluding ortho intramolecular Hbond substituents is 1. The second kappa shape index (κ2) is 10.1. The maximum absolute atomic E-state index is 14.7. The zero-order valence-corrected chi connectivity index (χ0v) is 20.1. The number of alkyl halides is 1. The molecule has 152 valence electrons. The van der Waals surface area contributed by atoms with Crippen molar-refractivity contribution in [1.29, 1.82) is 0 Å². The molecule has 30 heavy (non-hydrogen) atoms. The van der Waals surface area contributed by atoms with Gasteiger partial charge in [0.1, 0.15) is 22.3 Å². The predicted molar refractivity (Wildman–Crippen MR) is 100 cm³/mol. The number of aromatic hydroxyl groups is 1. The molecule has 1 atom stereocenters. The molecule has 1 unspecified atom stereocenters. The molecule has 3 rings (SSSR count). The number of hydrogen-bond acceptors (Lipinski definition) is 7. The minimum Gasteiger partial charge on any atom is -0.545 e. The molecule has 8 nitrogen and oxygen atoms in total. The number of carboxylic acids is 1. The maximum Gasteiger partial charge on any atom is 1.00 e. The number of halogens is 2. The Labute approximate surface area is 218 Å². The zero-order valence-electron chi connectivity index (χ0n) is 16.2. The summed E-state index contributed by atoms with van der Waals surface area (Å²) < 4.78 is 21.2. The number of ketones is 1. The van der Waals surface area contributed by atoms with Crippen LogP contribution in [0.3, 0.4) is 0 Å². The molecular weight excluding hydrogens is 444 g/mol. The Bertz CT molecular complexity index is 1080. The van der Waals surface area contributed by atoms with Crippen molar-refractivity contribution in [2.45, 2.75) is 26.1 Å². The fourth-order valence-electron chi connectivity index (χ4n) is 2.90. The molecule has 0 aliphatic heterocycles. The first-order valence-electron chi connectivity index (χ1n) is 8.56.